The summed E-state index contributed by atoms with van der Waals surface area (Å²) in [6.07, 6.45) is 6.47. The summed E-state index contributed by atoms with van der Waals surface area (Å²) in [5.41, 5.74) is 0. The van der Waals surface area contributed by atoms with Crippen molar-refractivity contribution in [2.45, 2.75) is 38.3 Å². The average molecular weight is 234 g/mol. The van der Waals surface area contributed by atoms with Crippen LogP contribution in [0, 0.1) is 23.7 Å². The van der Waals surface area contributed by atoms with Gasteiger partial charge in [-0.25, -0.2) is 4.98 Å². The van der Waals surface area contributed by atoms with Crippen LogP contribution in [0.2, 0.25) is 0 Å². The molecule has 86 valence electrons. The van der Waals surface area contributed by atoms with E-state index in [1.807, 2.05) is 6.20 Å². The molecule has 16 heavy (non-hydrogen) atoms. The standard InChI is InChI=1S/C13H18N2S/c1-7(13-14-4-5-16-13)15-12-10-8-2-3-9(6-8)11(10)12/h4-5,7-12,15H,2-3,6H2,1H3. The molecule has 5 atom stereocenters. The Hall–Kier alpha value is -0.410. The lowest BCUT2D eigenvalue weighted by molar-refractivity contribution is 0.433. The van der Waals surface area contributed by atoms with Gasteiger partial charge in [0.25, 0.3) is 0 Å². The average Bonchev–Trinajstić information content (AvgIpc) is 2.81. The highest BCUT2D eigenvalue weighted by Gasteiger charge is 2.64. The Morgan fingerprint density at radius 3 is 2.75 bits per heavy atom. The van der Waals surface area contributed by atoms with Crippen LogP contribution in [0.4, 0.5) is 0 Å². The number of hydrogen-bond acceptors (Lipinski definition) is 3. The molecule has 3 heteroatoms. The van der Waals surface area contributed by atoms with Crippen LogP contribution in [-0.4, -0.2) is 11.0 Å². The monoisotopic (exact) mass is 234 g/mol. The summed E-state index contributed by atoms with van der Waals surface area (Å²) in [6, 6.07) is 1.28. The summed E-state index contributed by atoms with van der Waals surface area (Å²) < 4.78 is 0. The highest BCUT2D eigenvalue weighted by atomic mass is 32.1. The summed E-state index contributed by atoms with van der Waals surface area (Å²) >= 11 is 1.77. The van der Waals surface area contributed by atoms with E-state index in [0.29, 0.717) is 6.04 Å². The highest BCUT2D eigenvalue weighted by Crippen LogP contribution is 2.65. The van der Waals surface area contributed by atoms with Crippen molar-refractivity contribution in [2.24, 2.45) is 23.7 Å². The molecule has 2 bridgehead atoms. The molecule has 2 nitrogen and oxygen atoms in total. The molecule has 1 heterocycles. The van der Waals surface area contributed by atoms with Gasteiger partial charge < -0.3 is 5.32 Å². The zero-order chi connectivity index (χ0) is 10.7. The second-order valence-corrected chi connectivity index (χ2v) is 6.70. The van der Waals surface area contributed by atoms with Gasteiger partial charge in [0.2, 0.25) is 0 Å². The number of fused-ring (bicyclic) bond motifs is 5. The zero-order valence-corrected chi connectivity index (χ0v) is 10.4. The smallest absolute Gasteiger partial charge is 0.109 e. The molecule has 1 N–H and O–H groups in total. The first-order chi connectivity index (χ1) is 7.84. The molecule has 0 aliphatic heterocycles. The Balaban J connectivity index is 1.44. The molecule has 3 aliphatic rings. The summed E-state index contributed by atoms with van der Waals surface area (Å²) in [5, 5.41) is 7.13. The minimum Gasteiger partial charge on any atom is -0.305 e. The van der Waals surface area contributed by atoms with Crippen molar-refractivity contribution < 1.29 is 0 Å². The Morgan fingerprint density at radius 2 is 2.12 bits per heavy atom. The largest absolute Gasteiger partial charge is 0.305 e. The number of rotatable bonds is 3. The van der Waals surface area contributed by atoms with Gasteiger partial charge in [-0.3, -0.25) is 0 Å². The van der Waals surface area contributed by atoms with Crippen LogP contribution in [0.5, 0.6) is 0 Å². The maximum Gasteiger partial charge on any atom is 0.109 e. The number of hydrogen-bond donors (Lipinski definition) is 1. The van der Waals surface area contributed by atoms with Gasteiger partial charge in [0.1, 0.15) is 5.01 Å². The van der Waals surface area contributed by atoms with Crippen molar-refractivity contribution in [1.29, 1.82) is 0 Å². The third kappa shape index (κ3) is 1.25. The second-order valence-electron chi connectivity index (χ2n) is 5.77. The summed E-state index contributed by atoms with van der Waals surface area (Å²) in [6.45, 7) is 2.26. The maximum absolute atomic E-state index is 4.40. The van der Waals surface area contributed by atoms with E-state index in [1.54, 1.807) is 17.8 Å². The van der Waals surface area contributed by atoms with Crippen LogP contribution in [0.3, 0.4) is 0 Å². The Bertz CT molecular complexity index is 373. The van der Waals surface area contributed by atoms with Crippen LogP contribution in [-0.2, 0) is 0 Å². The van der Waals surface area contributed by atoms with Crippen LogP contribution >= 0.6 is 11.3 Å². The minimum atomic E-state index is 0.454. The Labute approximate surface area is 100 Å². The lowest BCUT2D eigenvalue weighted by Crippen LogP contribution is -2.26. The zero-order valence-electron chi connectivity index (χ0n) is 9.60. The van der Waals surface area contributed by atoms with E-state index < -0.39 is 0 Å². The molecule has 1 aromatic rings. The Morgan fingerprint density at radius 1 is 1.38 bits per heavy atom. The molecule has 0 aromatic carbocycles. The van der Waals surface area contributed by atoms with E-state index in [9.17, 15) is 0 Å². The molecule has 0 spiro atoms. The van der Waals surface area contributed by atoms with E-state index in [-0.39, 0.29) is 0 Å². The SMILES string of the molecule is CC(NC1C2C3CCC(C3)C12)c1nccs1. The molecule has 5 unspecified atom stereocenters. The lowest BCUT2D eigenvalue weighted by atomic mass is 10.0. The van der Waals surface area contributed by atoms with Gasteiger partial charge in [0.05, 0.1) is 6.04 Å². The molecule has 3 saturated carbocycles. The van der Waals surface area contributed by atoms with Gasteiger partial charge in [-0.05, 0) is 49.9 Å². The van der Waals surface area contributed by atoms with Crippen LogP contribution in [0.1, 0.15) is 37.2 Å². The number of aromatic nitrogens is 1. The van der Waals surface area contributed by atoms with Gasteiger partial charge >= 0.3 is 0 Å². The topological polar surface area (TPSA) is 24.9 Å². The highest BCUT2D eigenvalue weighted by molar-refractivity contribution is 7.09. The van der Waals surface area contributed by atoms with Crippen molar-refractivity contribution in [2.75, 3.05) is 0 Å². The fourth-order valence-electron chi connectivity index (χ4n) is 4.36. The predicted octanol–water partition coefficient (Wildman–Crippen LogP) is 2.84. The van der Waals surface area contributed by atoms with Crippen molar-refractivity contribution in [3.63, 3.8) is 0 Å². The van der Waals surface area contributed by atoms with Gasteiger partial charge in [-0.1, -0.05) is 0 Å². The van der Waals surface area contributed by atoms with E-state index in [1.165, 1.54) is 17.8 Å². The first kappa shape index (κ1) is 9.60. The summed E-state index contributed by atoms with van der Waals surface area (Å²) in [4.78, 5) is 4.40. The minimum absolute atomic E-state index is 0.454. The van der Waals surface area contributed by atoms with Gasteiger partial charge in [-0.2, -0.15) is 0 Å². The number of nitrogens with one attached hydrogen (secondary N) is 1. The maximum atomic E-state index is 4.40. The second kappa shape index (κ2) is 3.30. The lowest BCUT2D eigenvalue weighted by Gasteiger charge is -2.14. The van der Waals surface area contributed by atoms with Crippen LogP contribution in [0.15, 0.2) is 11.6 Å². The molecule has 0 amide bonds. The fraction of sp³-hybridized carbons (Fsp3) is 0.769. The normalized spacial score (nSPS) is 45.7. The van der Waals surface area contributed by atoms with Crippen molar-refractivity contribution >= 4 is 11.3 Å². The first-order valence-corrected chi connectivity index (χ1v) is 7.38. The number of nitrogens with zero attached hydrogens (tertiary/aromatic N) is 1. The third-order valence-corrected chi connectivity index (χ3v) is 5.96. The molecular formula is C13H18N2S. The van der Waals surface area contributed by atoms with Crippen LogP contribution in [0.25, 0.3) is 0 Å². The van der Waals surface area contributed by atoms with Crippen molar-refractivity contribution in [3.05, 3.63) is 16.6 Å². The molecule has 1 aromatic heterocycles. The van der Waals surface area contributed by atoms with Crippen LogP contribution < -0.4 is 5.32 Å². The molecule has 0 saturated heterocycles. The molecule has 4 rings (SSSR count). The van der Waals surface area contributed by atoms with Crippen molar-refractivity contribution in [1.82, 2.24) is 10.3 Å². The molecule has 3 fully saturated rings. The number of thiazole rings is 1. The van der Waals surface area contributed by atoms with E-state index >= 15 is 0 Å². The van der Waals surface area contributed by atoms with Crippen molar-refractivity contribution in [3.8, 4) is 0 Å². The summed E-state index contributed by atoms with van der Waals surface area (Å²) in [5.74, 6) is 4.19. The van der Waals surface area contributed by atoms with Gasteiger partial charge in [-0.15, -0.1) is 11.3 Å². The predicted molar refractivity (Wildman–Crippen MR) is 65.3 cm³/mol. The molecule has 3 aliphatic carbocycles. The first-order valence-electron chi connectivity index (χ1n) is 6.50. The van der Waals surface area contributed by atoms with Gasteiger partial charge in [0.15, 0.2) is 0 Å². The van der Waals surface area contributed by atoms with Gasteiger partial charge in [0, 0.05) is 17.6 Å². The van der Waals surface area contributed by atoms with E-state index in [0.717, 1.165) is 29.7 Å². The molecular weight excluding hydrogens is 216 g/mol. The Kier molecular flexibility index (Phi) is 1.98. The summed E-state index contributed by atoms with van der Waals surface area (Å²) in [7, 11) is 0. The third-order valence-electron chi connectivity index (χ3n) is 5.00. The molecule has 0 radical (unpaired) electrons. The van der Waals surface area contributed by atoms with E-state index in [4.69, 9.17) is 0 Å². The quantitative estimate of drug-likeness (QED) is 0.870. The fourth-order valence-corrected chi connectivity index (χ4v) is 5.01. The van der Waals surface area contributed by atoms with E-state index in [2.05, 4.69) is 22.6 Å².